The molecule has 0 spiro atoms. The van der Waals surface area contributed by atoms with Crippen molar-refractivity contribution in [2.45, 2.75) is 25.7 Å². The Kier molecular flexibility index (Phi) is 5.01. The standard InChI is InChI=1S/C13H22N2O4/c16-12(17)8-19-4-3-14-13(18)15-7-11-6-9-1-2-10(11)5-9/h9-11H,1-8H2,(H,16,17)(H2,14,15,18). The highest BCUT2D eigenvalue weighted by molar-refractivity contribution is 5.73. The second kappa shape index (κ2) is 6.75. The number of ether oxygens (including phenoxy) is 1. The van der Waals surface area contributed by atoms with E-state index in [2.05, 4.69) is 10.6 Å². The molecule has 2 aliphatic carbocycles. The Morgan fingerprint density at radius 2 is 2.05 bits per heavy atom. The predicted molar refractivity (Wildman–Crippen MR) is 68.8 cm³/mol. The first-order valence-corrected chi connectivity index (χ1v) is 6.96. The van der Waals surface area contributed by atoms with Crippen LogP contribution >= 0.6 is 0 Å². The molecular weight excluding hydrogens is 248 g/mol. The van der Waals surface area contributed by atoms with E-state index >= 15 is 0 Å². The SMILES string of the molecule is O=C(O)COCCNC(=O)NCC1CC2CCC1C2. The number of rotatable bonds is 7. The van der Waals surface area contributed by atoms with Gasteiger partial charge in [0.05, 0.1) is 6.61 Å². The molecule has 0 aliphatic heterocycles. The number of hydrogen-bond donors (Lipinski definition) is 3. The molecular formula is C13H22N2O4. The largest absolute Gasteiger partial charge is 0.480 e. The Hall–Kier alpha value is -1.30. The summed E-state index contributed by atoms with van der Waals surface area (Å²) in [7, 11) is 0. The van der Waals surface area contributed by atoms with Gasteiger partial charge in [0, 0.05) is 13.1 Å². The van der Waals surface area contributed by atoms with Crippen LogP contribution in [0.15, 0.2) is 0 Å². The summed E-state index contributed by atoms with van der Waals surface area (Å²) in [6.07, 6.45) is 5.29. The molecule has 2 saturated carbocycles. The molecule has 3 atom stereocenters. The van der Waals surface area contributed by atoms with Crippen molar-refractivity contribution < 1.29 is 19.4 Å². The van der Waals surface area contributed by atoms with Crippen molar-refractivity contribution in [3.05, 3.63) is 0 Å². The van der Waals surface area contributed by atoms with Gasteiger partial charge in [-0.2, -0.15) is 0 Å². The van der Waals surface area contributed by atoms with E-state index in [1.54, 1.807) is 0 Å². The third-order valence-electron chi connectivity index (χ3n) is 4.17. The van der Waals surface area contributed by atoms with E-state index in [4.69, 9.17) is 9.84 Å². The van der Waals surface area contributed by atoms with Crippen LogP contribution in [0.1, 0.15) is 25.7 Å². The van der Waals surface area contributed by atoms with Gasteiger partial charge in [0.2, 0.25) is 0 Å². The van der Waals surface area contributed by atoms with Gasteiger partial charge in [-0.25, -0.2) is 9.59 Å². The zero-order valence-corrected chi connectivity index (χ0v) is 11.1. The van der Waals surface area contributed by atoms with E-state index in [0.717, 1.165) is 18.4 Å². The molecule has 2 bridgehead atoms. The summed E-state index contributed by atoms with van der Waals surface area (Å²) in [5.41, 5.74) is 0. The smallest absolute Gasteiger partial charge is 0.329 e. The topological polar surface area (TPSA) is 87.7 Å². The summed E-state index contributed by atoms with van der Waals surface area (Å²) in [5.74, 6) is 1.35. The van der Waals surface area contributed by atoms with E-state index < -0.39 is 5.97 Å². The normalized spacial score (nSPS) is 28.3. The van der Waals surface area contributed by atoms with Crippen molar-refractivity contribution >= 4 is 12.0 Å². The fourth-order valence-corrected chi connectivity index (χ4v) is 3.31. The summed E-state index contributed by atoms with van der Waals surface area (Å²) in [4.78, 5) is 21.7. The third kappa shape index (κ3) is 4.38. The van der Waals surface area contributed by atoms with Gasteiger partial charge >= 0.3 is 12.0 Å². The lowest BCUT2D eigenvalue weighted by Gasteiger charge is -2.21. The van der Waals surface area contributed by atoms with Crippen LogP contribution in [0.2, 0.25) is 0 Å². The molecule has 108 valence electrons. The van der Waals surface area contributed by atoms with Crippen molar-refractivity contribution in [2.75, 3.05) is 26.3 Å². The van der Waals surface area contributed by atoms with Crippen molar-refractivity contribution in [3.63, 3.8) is 0 Å². The molecule has 0 aromatic carbocycles. The Bertz CT molecular complexity index is 335. The van der Waals surface area contributed by atoms with Gasteiger partial charge in [0.15, 0.2) is 0 Å². The molecule has 3 N–H and O–H groups in total. The van der Waals surface area contributed by atoms with Crippen molar-refractivity contribution in [2.24, 2.45) is 17.8 Å². The maximum Gasteiger partial charge on any atom is 0.329 e. The first-order chi connectivity index (χ1) is 9.15. The summed E-state index contributed by atoms with van der Waals surface area (Å²) in [5, 5.41) is 13.9. The number of urea groups is 1. The van der Waals surface area contributed by atoms with Crippen LogP contribution in [0.4, 0.5) is 4.79 Å². The lowest BCUT2D eigenvalue weighted by Crippen LogP contribution is -2.40. The van der Waals surface area contributed by atoms with Crippen LogP contribution in [-0.2, 0) is 9.53 Å². The quantitative estimate of drug-likeness (QED) is 0.598. The Morgan fingerprint density at radius 3 is 2.68 bits per heavy atom. The van der Waals surface area contributed by atoms with E-state index in [1.807, 2.05) is 0 Å². The molecule has 2 aliphatic rings. The van der Waals surface area contributed by atoms with Crippen LogP contribution in [0.3, 0.4) is 0 Å². The number of aliphatic carboxylic acids is 1. The number of carbonyl (C=O) groups excluding carboxylic acids is 1. The number of carboxylic acid groups (broad SMARTS) is 1. The first-order valence-electron chi connectivity index (χ1n) is 6.96. The van der Waals surface area contributed by atoms with Gasteiger partial charge in [-0.3, -0.25) is 0 Å². The molecule has 6 nitrogen and oxygen atoms in total. The molecule has 19 heavy (non-hydrogen) atoms. The van der Waals surface area contributed by atoms with Gasteiger partial charge in [-0.1, -0.05) is 6.42 Å². The molecule has 2 rings (SSSR count). The number of fused-ring (bicyclic) bond motifs is 2. The van der Waals surface area contributed by atoms with Crippen molar-refractivity contribution in [3.8, 4) is 0 Å². The number of nitrogens with one attached hydrogen (secondary N) is 2. The van der Waals surface area contributed by atoms with Crippen LogP contribution in [-0.4, -0.2) is 43.4 Å². The zero-order chi connectivity index (χ0) is 13.7. The Labute approximate surface area is 112 Å². The Balaban J connectivity index is 1.49. The molecule has 2 amide bonds. The molecule has 2 fully saturated rings. The molecule has 3 unspecified atom stereocenters. The minimum atomic E-state index is -0.999. The van der Waals surface area contributed by atoms with E-state index in [-0.39, 0.29) is 19.2 Å². The molecule has 0 radical (unpaired) electrons. The second-order valence-corrected chi connectivity index (χ2v) is 5.52. The number of carboxylic acids is 1. The molecule has 0 saturated heterocycles. The minimum Gasteiger partial charge on any atom is -0.480 e. The summed E-state index contributed by atoms with van der Waals surface area (Å²) >= 11 is 0. The molecule has 6 heteroatoms. The van der Waals surface area contributed by atoms with E-state index in [1.165, 1.54) is 25.7 Å². The lowest BCUT2D eigenvalue weighted by molar-refractivity contribution is -0.142. The van der Waals surface area contributed by atoms with Gasteiger partial charge in [-0.15, -0.1) is 0 Å². The average Bonchev–Trinajstić information content (AvgIpc) is 2.97. The summed E-state index contributed by atoms with van der Waals surface area (Å²) in [6, 6.07) is -0.193. The highest BCUT2D eigenvalue weighted by Gasteiger charge is 2.39. The summed E-state index contributed by atoms with van der Waals surface area (Å²) < 4.78 is 4.82. The van der Waals surface area contributed by atoms with Gasteiger partial charge in [0.25, 0.3) is 0 Å². The monoisotopic (exact) mass is 270 g/mol. The highest BCUT2D eigenvalue weighted by atomic mass is 16.5. The molecule has 0 aromatic heterocycles. The van der Waals surface area contributed by atoms with Gasteiger partial charge in [0.1, 0.15) is 6.61 Å². The fraction of sp³-hybridized carbons (Fsp3) is 0.846. The second-order valence-electron chi connectivity index (χ2n) is 5.52. The first kappa shape index (κ1) is 14.1. The zero-order valence-electron chi connectivity index (χ0n) is 11.1. The highest BCUT2D eigenvalue weighted by Crippen LogP contribution is 2.47. The van der Waals surface area contributed by atoms with E-state index in [0.29, 0.717) is 12.5 Å². The maximum absolute atomic E-state index is 11.5. The number of carbonyl (C=O) groups is 2. The van der Waals surface area contributed by atoms with Gasteiger partial charge in [-0.05, 0) is 37.0 Å². The molecule has 0 heterocycles. The molecule has 0 aromatic rings. The van der Waals surface area contributed by atoms with Crippen LogP contribution in [0, 0.1) is 17.8 Å². The third-order valence-corrected chi connectivity index (χ3v) is 4.17. The fourth-order valence-electron chi connectivity index (χ4n) is 3.31. The van der Waals surface area contributed by atoms with Gasteiger partial charge < -0.3 is 20.5 Å². The van der Waals surface area contributed by atoms with E-state index in [9.17, 15) is 9.59 Å². The van der Waals surface area contributed by atoms with Crippen LogP contribution in [0.25, 0.3) is 0 Å². The average molecular weight is 270 g/mol. The van der Waals surface area contributed by atoms with Crippen molar-refractivity contribution in [1.29, 1.82) is 0 Å². The van der Waals surface area contributed by atoms with Crippen molar-refractivity contribution in [1.82, 2.24) is 10.6 Å². The Morgan fingerprint density at radius 1 is 1.21 bits per heavy atom. The lowest BCUT2D eigenvalue weighted by atomic mass is 9.89. The maximum atomic E-state index is 11.5. The van der Waals surface area contributed by atoms with Crippen LogP contribution in [0.5, 0.6) is 0 Å². The number of amides is 2. The predicted octanol–water partition coefficient (Wildman–Crippen LogP) is 0.823. The number of hydrogen-bond acceptors (Lipinski definition) is 3. The summed E-state index contributed by atoms with van der Waals surface area (Å²) in [6.45, 7) is 0.973. The minimum absolute atomic E-state index is 0.193. The van der Waals surface area contributed by atoms with Crippen LogP contribution < -0.4 is 10.6 Å².